The quantitative estimate of drug-likeness (QED) is 0.164. The summed E-state index contributed by atoms with van der Waals surface area (Å²) in [7, 11) is 0. The van der Waals surface area contributed by atoms with E-state index in [4.69, 9.17) is 14.2 Å². The summed E-state index contributed by atoms with van der Waals surface area (Å²) < 4.78 is 42.5. The fraction of sp³-hybridized carbons (Fsp3) is 0.371. The van der Waals surface area contributed by atoms with Gasteiger partial charge in [-0.2, -0.15) is 0 Å². The van der Waals surface area contributed by atoms with E-state index in [0.29, 0.717) is 23.4 Å². The van der Waals surface area contributed by atoms with Crippen LogP contribution in [0.3, 0.4) is 0 Å². The third kappa shape index (κ3) is 9.35. The first-order chi connectivity index (χ1) is 22.6. The Morgan fingerprint density at radius 1 is 0.872 bits per heavy atom. The number of ether oxygens (including phenoxy) is 3. The average Bonchev–Trinajstić information content (AvgIpc) is 3.06. The third-order valence-electron chi connectivity index (χ3n) is 7.76. The lowest BCUT2D eigenvalue weighted by Gasteiger charge is -2.48. The van der Waals surface area contributed by atoms with Gasteiger partial charge in [-0.05, 0) is 92.8 Å². The Morgan fingerprint density at radius 3 is 2.11 bits per heavy atom. The molecule has 0 spiro atoms. The summed E-state index contributed by atoms with van der Waals surface area (Å²) in [5.41, 5.74) is 1.82. The van der Waals surface area contributed by atoms with E-state index < -0.39 is 60.2 Å². The number of carbonyl (C=O) groups excluding carboxylic acids is 4. The summed E-state index contributed by atoms with van der Waals surface area (Å²) in [6.45, 7) is 3.19. The minimum Gasteiger partial charge on any atom is -0.484 e. The SMILES string of the molecule is CCOC(=O)CCC(NC(=O)COc1ccc(C2C(CCC(O)c3ccc(F)cc3)C(=O)N2c2ccc(F)cc2)cc1)C(=O)OCC. The molecule has 4 unspecified atom stereocenters. The van der Waals surface area contributed by atoms with Crippen LogP contribution < -0.4 is 15.0 Å². The smallest absolute Gasteiger partial charge is 0.328 e. The molecule has 1 fully saturated rings. The molecule has 1 aliphatic rings. The van der Waals surface area contributed by atoms with Crippen molar-refractivity contribution in [2.75, 3.05) is 24.7 Å². The molecule has 1 heterocycles. The molecule has 0 radical (unpaired) electrons. The van der Waals surface area contributed by atoms with E-state index >= 15 is 0 Å². The van der Waals surface area contributed by atoms with Gasteiger partial charge in [-0.25, -0.2) is 13.6 Å². The first kappa shape index (κ1) is 35.0. The lowest BCUT2D eigenvalue weighted by atomic mass is 9.78. The number of aliphatic hydroxyl groups is 1. The number of benzene rings is 3. The van der Waals surface area contributed by atoms with Crippen LogP contribution in [0, 0.1) is 17.6 Å². The molecule has 47 heavy (non-hydrogen) atoms. The second kappa shape index (κ2) is 16.6. The van der Waals surface area contributed by atoms with Crippen LogP contribution in [0.4, 0.5) is 14.5 Å². The van der Waals surface area contributed by atoms with Crippen molar-refractivity contribution in [2.24, 2.45) is 5.92 Å². The van der Waals surface area contributed by atoms with E-state index in [9.17, 15) is 33.1 Å². The number of amides is 2. The van der Waals surface area contributed by atoms with Crippen molar-refractivity contribution in [1.82, 2.24) is 5.32 Å². The second-order valence-electron chi connectivity index (χ2n) is 11.0. The van der Waals surface area contributed by atoms with Crippen molar-refractivity contribution < 1.29 is 47.3 Å². The van der Waals surface area contributed by atoms with E-state index in [-0.39, 0.29) is 38.4 Å². The first-order valence-corrected chi connectivity index (χ1v) is 15.5. The number of halogens is 2. The zero-order chi connectivity index (χ0) is 33.9. The highest BCUT2D eigenvalue weighted by Gasteiger charge is 2.48. The fourth-order valence-electron chi connectivity index (χ4n) is 5.42. The van der Waals surface area contributed by atoms with Crippen LogP contribution in [-0.2, 0) is 28.7 Å². The number of β-lactam (4-membered cyclic amide) rings is 1. The lowest BCUT2D eigenvalue weighted by Crippen LogP contribution is -2.55. The van der Waals surface area contributed by atoms with Gasteiger partial charge in [-0.3, -0.25) is 14.4 Å². The summed E-state index contributed by atoms with van der Waals surface area (Å²) in [5, 5.41) is 13.2. The molecule has 0 aliphatic carbocycles. The Balaban J connectivity index is 1.41. The monoisotopic (exact) mass is 652 g/mol. The van der Waals surface area contributed by atoms with Gasteiger partial charge < -0.3 is 29.5 Å². The topological polar surface area (TPSA) is 131 Å². The van der Waals surface area contributed by atoms with Gasteiger partial charge in [0.2, 0.25) is 5.91 Å². The number of rotatable bonds is 16. The van der Waals surface area contributed by atoms with Crippen molar-refractivity contribution in [3.05, 3.63) is 95.6 Å². The molecule has 0 bridgehead atoms. The number of esters is 2. The predicted molar refractivity (Wildman–Crippen MR) is 167 cm³/mol. The molecular weight excluding hydrogens is 614 g/mol. The Bertz CT molecular complexity index is 1520. The molecule has 4 atom stereocenters. The van der Waals surface area contributed by atoms with Gasteiger partial charge in [0.25, 0.3) is 5.91 Å². The Labute approximate surface area is 271 Å². The predicted octanol–water partition coefficient (Wildman–Crippen LogP) is 4.95. The lowest BCUT2D eigenvalue weighted by molar-refractivity contribution is -0.149. The molecular formula is C35H38F2N2O8. The summed E-state index contributed by atoms with van der Waals surface area (Å²) in [4.78, 5) is 51.6. The van der Waals surface area contributed by atoms with Crippen molar-refractivity contribution in [3.8, 4) is 5.75 Å². The molecule has 2 N–H and O–H groups in total. The van der Waals surface area contributed by atoms with Crippen molar-refractivity contribution >= 4 is 29.4 Å². The number of nitrogens with one attached hydrogen (secondary N) is 1. The molecule has 0 saturated carbocycles. The van der Waals surface area contributed by atoms with Gasteiger partial charge in [0.05, 0.1) is 31.3 Å². The Hall–Kier alpha value is -4.84. The minimum atomic E-state index is -1.05. The van der Waals surface area contributed by atoms with Crippen molar-refractivity contribution in [3.63, 3.8) is 0 Å². The maximum absolute atomic E-state index is 13.6. The van der Waals surface area contributed by atoms with E-state index in [1.165, 1.54) is 48.5 Å². The molecule has 250 valence electrons. The highest BCUT2D eigenvalue weighted by molar-refractivity contribution is 6.03. The number of aliphatic hydroxyl groups excluding tert-OH is 1. The third-order valence-corrected chi connectivity index (χ3v) is 7.76. The maximum atomic E-state index is 13.6. The summed E-state index contributed by atoms with van der Waals surface area (Å²) in [5.74, 6) is -2.92. The van der Waals surface area contributed by atoms with E-state index in [1.54, 1.807) is 43.0 Å². The summed E-state index contributed by atoms with van der Waals surface area (Å²) in [6, 6.07) is 16.5. The number of nitrogens with zero attached hydrogens (tertiary/aromatic N) is 1. The molecule has 1 saturated heterocycles. The van der Waals surface area contributed by atoms with Gasteiger partial charge in [-0.1, -0.05) is 24.3 Å². The molecule has 3 aromatic carbocycles. The van der Waals surface area contributed by atoms with E-state index in [0.717, 1.165) is 5.56 Å². The number of carbonyl (C=O) groups is 4. The highest BCUT2D eigenvalue weighted by Crippen LogP contribution is 2.46. The van der Waals surface area contributed by atoms with Crippen molar-refractivity contribution in [1.29, 1.82) is 0 Å². The fourth-order valence-corrected chi connectivity index (χ4v) is 5.42. The van der Waals surface area contributed by atoms with Crippen LogP contribution in [0.15, 0.2) is 72.8 Å². The summed E-state index contributed by atoms with van der Waals surface area (Å²) in [6.07, 6.45) is -0.357. The molecule has 2 amide bonds. The minimum absolute atomic E-state index is 0.00482. The standard InChI is InChI=1S/C35H38F2N2O8/c1-3-45-32(42)20-18-29(35(44)46-4-2)38-31(41)21-47-27-15-7-23(8-16-27)33-28(17-19-30(40)22-5-9-24(36)10-6-22)34(43)39(33)26-13-11-25(37)12-14-26/h5-16,28-30,33,40H,3-4,17-21H2,1-2H3,(H,38,41). The van der Waals surface area contributed by atoms with Gasteiger partial charge in [0, 0.05) is 12.1 Å². The van der Waals surface area contributed by atoms with E-state index in [1.807, 2.05) is 0 Å². The van der Waals surface area contributed by atoms with Crippen LogP contribution in [0.2, 0.25) is 0 Å². The number of hydrogen-bond donors (Lipinski definition) is 2. The van der Waals surface area contributed by atoms with Gasteiger partial charge in [-0.15, -0.1) is 0 Å². The number of hydrogen-bond acceptors (Lipinski definition) is 8. The normalized spacial score (nSPS) is 16.9. The Kier molecular flexibility index (Phi) is 12.4. The van der Waals surface area contributed by atoms with Crippen LogP contribution in [0.1, 0.15) is 62.8 Å². The van der Waals surface area contributed by atoms with Crippen LogP contribution >= 0.6 is 0 Å². The zero-order valence-corrected chi connectivity index (χ0v) is 26.2. The Morgan fingerprint density at radius 2 is 1.49 bits per heavy atom. The van der Waals surface area contributed by atoms with Gasteiger partial charge in [0.15, 0.2) is 6.61 Å². The molecule has 10 nitrogen and oxygen atoms in total. The largest absolute Gasteiger partial charge is 0.484 e. The van der Waals surface area contributed by atoms with Crippen LogP contribution in [-0.4, -0.2) is 54.7 Å². The van der Waals surface area contributed by atoms with Crippen molar-refractivity contribution in [2.45, 2.75) is 57.7 Å². The van der Waals surface area contributed by atoms with Crippen LogP contribution in [0.5, 0.6) is 5.75 Å². The highest BCUT2D eigenvalue weighted by atomic mass is 19.1. The molecule has 1 aliphatic heterocycles. The summed E-state index contributed by atoms with van der Waals surface area (Å²) >= 11 is 0. The molecule has 4 rings (SSSR count). The molecule has 12 heteroatoms. The number of anilines is 1. The van der Waals surface area contributed by atoms with Gasteiger partial charge >= 0.3 is 11.9 Å². The zero-order valence-electron chi connectivity index (χ0n) is 26.2. The second-order valence-corrected chi connectivity index (χ2v) is 11.0. The average molecular weight is 653 g/mol. The van der Waals surface area contributed by atoms with Crippen LogP contribution in [0.25, 0.3) is 0 Å². The molecule has 3 aromatic rings. The van der Waals surface area contributed by atoms with E-state index in [2.05, 4.69) is 5.32 Å². The molecule has 0 aromatic heterocycles. The maximum Gasteiger partial charge on any atom is 0.328 e. The first-order valence-electron chi connectivity index (χ1n) is 15.5. The van der Waals surface area contributed by atoms with Gasteiger partial charge in [0.1, 0.15) is 23.4 Å².